The molecule has 0 aliphatic heterocycles. The van der Waals surface area contributed by atoms with Gasteiger partial charge in [0.05, 0.1) is 19.2 Å². The summed E-state index contributed by atoms with van der Waals surface area (Å²) in [5.41, 5.74) is 1.04. The average Bonchev–Trinajstić information content (AvgIpc) is 2.87. The molecule has 0 bridgehead atoms. The minimum atomic E-state index is -4.86. The standard InChI is InChI=1S/C18H14F5NO4/c1-17(19,20)9-24-13-7-10(3-6-14(13)27-16(24)25)12-5-4-11(8-15(12)26-2)28-18(21,22)23/h3-8H,9H2,1-2H3. The van der Waals surface area contributed by atoms with Gasteiger partial charge in [0.25, 0.3) is 5.92 Å². The number of oxazole rings is 1. The summed E-state index contributed by atoms with van der Waals surface area (Å²) >= 11 is 0. The van der Waals surface area contributed by atoms with Crippen LogP contribution >= 0.6 is 0 Å². The predicted octanol–water partition coefficient (Wildman–Crippen LogP) is 4.82. The maximum absolute atomic E-state index is 13.4. The van der Waals surface area contributed by atoms with E-state index in [1.165, 1.54) is 31.4 Å². The molecule has 3 aromatic rings. The van der Waals surface area contributed by atoms with E-state index < -0.39 is 30.3 Å². The molecular formula is C18H14F5NO4. The number of alkyl halides is 5. The van der Waals surface area contributed by atoms with Gasteiger partial charge in [0.2, 0.25) is 0 Å². The van der Waals surface area contributed by atoms with E-state index in [2.05, 4.69) is 4.74 Å². The van der Waals surface area contributed by atoms with E-state index in [4.69, 9.17) is 9.15 Å². The molecule has 150 valence electrons. The summed E-state index contributed by atoms with van der Waals surface area (Å²) in [5, 5.41) is 0. The fraction of sp³-hybridized carbons (Fsp3) is 0.278. The largest absolute Gasteiger partial charge is 0.573 e. The van der Waals surface area contributed by atoms with Crippen molar-refractivity contribution in [3.63, 3.8) is 0 Å². The first kappa shape index (κ1) is 19.7. The van der Waals surface area contributed by atoms with Crippen LogP contribution in [0.1, 0.15) is 6.92 Å². The topological polar surface area (TPSA) is 53.6 Å². The number of rotatable bonds is 5. The van der Waals surface area contributed by atoms with Gasteiger partial charge < -0.3 is 13.9 Å². The Labute approximate surface area is 154 Å². The number of aromatic nitrogens is 1. The van der Waals surface area contributed by atoms with Gasteiger partial charge in [-0.05, 0) is 29.8 Å². The SMILES string of the molecule is COc1cc(OC(F)(F)F)ccc1-c1ccc2oc(=O)n(CC(C)(F)F)c2c1. The lowest BCUT2D eigenvalue weighted by atomic mass is 10.0. The number of benzene rings is 2. The first-order chi connectivity index (χ1) is 13.0. The summed E-state index contributed by atoms with van der Waals surface area (Å²) in [7, 11) is 1.26. The third-order valence-corrected chi connectivity index (χ3v) is 3.82. The second kappa shape index (κ2) is 6.84. The highest BCUT2D eigenvalue weighted by atomic mass is 19.4. The van der Waals surface area contributed by atoms with Crippen LogP contribution in [0.5, 0.6) is 11.5 Å². The highest BCUT2D eigenvalue weighted by molar-refractivity contribution is 5.83. The third-order valence-electron chi connectivity index (χ3n) is 3.82. The van der Waals surface area contributed by atoms with Crippen molar-refractivity contribution in [1.29, 1.82) is 0 Å². The van der Waals surface area contributed by atoms with Crippen LogP contribution < -0.4 is 15.2 Å². The quantitative estimate of drug-likeness (QED) is 0.573. The molecule has 0 unspecified atom stereocenters. The van der Waals surface area contributed by atoms with E-state index in [-0.39, 0.29) is 16.8 Å². The molecule has 0 fully saturated rings. The van der Waals surface area contributed by atoms with Gasteiger partial charge in [-0.15, -0.1) is 13.2 Å². The third kappa shape index (κ3) is 4.26. The van der Waals surface area contributed by atoms with Crippen molar-refractivity contribution in [2.45, 2.75) is 25.8 Å². The van der Waals surface area contributed by atoms with Crippen LogP contribution in [-0.4, -0.2) is 24.0 Å². The maximum atomic E-state index is 13.4. The molecule has 5 nitrogen and oxygen atoms in total. The molecule has 0 saturated heterocycles. The Bertz CT molecular complexity index is 1060. The van der Waals surface area contributed by atoms with Crippen LogP contribution in [0, 0.1) is 0 Å². The number of nitrogens with zero attached hydrogens (tertiary/aromatic N) is 1. The van der Waals surface area contributed by atoms with E-state index in [9.17, 15) is 26.7 Å². The fourth-order valence-electron chi connectivity index (χ4n) is 2.76. The second-order valence-corrected chi connectivity index (χ2v) is 6.12. The zero-order valence-electron chi connectivity index (χ0n) is 14.6. The van der Waals surface area contributed by atoms with Crippen molar-refractivity contribution in [3.8, 4) is 22.6 Å². The summed E-state index contributed by atoms with van der Waals surface area (Å²) in [6.07, 6.45) is -4.86. The van der Waals surface area contributed by atoms with Gasteiger partial charge in [-0.1, -0.05) is 6.07 Å². The Kier molecular flexibility index (Phi) is 4.82. The van der Waals surface area contributed by atoms with Gasteiger partial charge in [-0.3, -0.25) is 4.57 Å². The zero-order valence-corrected chi connectivity index (χ0v) is 14.6. The van der Waals surface area contributed by atoms with Crippen molar-refractivity contribution in [1.82, 2.24) is 4.57 Å². The molecule has 0 aliphatic rings. The Balaban J connectivity index is 2.08. The van der Waals surface area contributed by atoms with Crippen LogP contribution in [0.4, 0.5) is 22.0 Å². The average molecular weight is 403 g/mol. The summed E-state index contributed by atoms with van der Waals surface area (Å²) < 4.78 is 78.7. The minimum absolute atomic E-state index is 0.0688. The lowest BCUT2D eigenvalue weighted by Gasteiger charge is -2.14. The Morgan fingerprint density at radius 2 is 1.79 bits per heavy atom. The van der Waals surface area contributed by atoms with Crippen LogP contribution in [0.3, 0.4) is 0 Å². The molecule has 0 N–H and O–H groups in total. The lowest BCUT2D eigenvalue weighted by molar-refractivity contribution is -0.274. The zero-order chi connectivity index (χ0) is 20.7. The van der Waals surface area contributed by atoms with E-state index in [0.717, 1.165) is 16.7 Å². The van der Waals surface area contributed by atoms with Crippen molar-refractivity contribution in [3.05, 3.63) is 46.9 Å². The molecule has 0 amide bonds. The van der Waals surface area contributed by atoms with Crippen molar-refractivity contribution in [2.75, 3.05) is 7.11 Å². The van der Waals surface area contributed by atoms with Gasteiger partial charge in [0.15, 0.2) is 5.58 Å². The van der Waals surface area contributed by atoms with Crippen LogP contribution in [0.25, 0.3) is 22.2 Å². The smallest absolute Gasteiger partial charge is 0.496 e. The molecule has 0 aliphatic carbocycles. The highest BCUT2D eigenvalue weighted by Gasteiger charge is 2.31. The van der Waals surface area contributed by atoms with Crippen LogP contribution in [0.2, 0.25) is 0 Å². The minimum Gasteiger partial charge on any atom is -0.496 e. The van der Waals surface area contributed by atoms with Gasteiger partial charge in [0.1, 0.15) is 11.5 Å². The molecule has 28 heavy (non-hydrogen) atoms. The molecule has 0 spiro atoms. The van der Waals surface area contributed by atoms with E-state index >= 15 is 0 Å². The van der Waals surface area contributed by atoms with E-state index in [1.54, 1.807) is 0 Å². The van der Waals surface area contributed by atoms with Gasteiger partial charge in [-0.2, -0.15) is 0 Å². The molecular weight excluding hydrogens is 389 g/mol. The summed E-state index contributed by atoms with van der Waals surface area (Å²) in [6, 6.07) is 7.85. The summed E-state index contributed by atoms with van der Waals surface area (Å²) in [6.45, 7) is -0.206. The highest BCUT2D eigenvalue weighted by Crippen LogP contribution is 2.36. The van der Waals surface area contributed by atoms with Gasteiger partial charge >= 0.3 is 12.1 Å². The number of methoxy groups -OCH3 is 1. The second-order valence-electron chi connectivity index (χ2n) is 6.12. The van der Waals surface area contributed by atoms with Crippen molar-refractivity contribution >= 4 is 11.1 Å². The number of halogens is 5. The van der Waals surface area contributed by atoms with Crippen molar-refractivity contribution < 1.29 is 35.8 Å². The molecule has 0 atom stereocenters. The first-order valence-electron chi connectivity index (χ1n) is 7.92. The monoisotopic (exact) mass is 403 g/mol. The Hall–Kier alpha value is -3.04. The van der Waals surface area contributed by atoms with Gasteiger partial charge in [0, 0.05) is 18.6 Å². The van der Waals surface area contributed by atoms with E-state index in [0.29, 0.717) is 18.1 Å². The predicted molar refractivity (Wildman–Crippen MR) is 89.8 cm³/mol. The first-order valence-corrected chi connectivity index (χ1v) is 7.92. The molecule has 2 aromatic carbocycles. The van der Waals surface area contributed by atoms with Crippen molar-refractivity contribution in [2.24, 2.45) is 0 Å². The normalized spacial score (nSPS) is 12.4. The number of fused-ring (bicyclic) bond motifs is 1. The molecule has 1 aromatic heterocycles. The fourth-order valence-corrected chi connectivity index (χ4v) is 2.76. The maximum Gasteiger partial charge on any atom is 0.573 e. The van der Waals surface area contributed by atoms with E-state index in [1.807, 2.05) is 0 Å². The number of hydrogen-bond acceptors (Lipinski definition) is 4. The Morgan fingerprint density at radius 1 is 1.07 bits per heavy atom. The summed E-state index contributed by atoms with van der Waals surface area (Å²) in [5.74, 6) is -4.49. The molecule has 1 heterocycles. The Morgan fingerprint density at radius 3 is 2.39 bits per heavy atom. The number of ether oxygens (including phenoxy) is 2. The number of hydrogen-bond donors (Lipinski definition) is 0. The summed E-state index contributed by atoms with van der Waals surface area (Å²) in [4.78, 5) is 11.9. The molecule has 10 heteroatoms. The van der Waals surface area contributed by atoms with Crippen LogP contribution in [-0.2, 0) is 6.54 Å². The van der Waals surface area contributed by atoms with Crippen LogP contribution in [0.15, 0.2) is 45.6 Å². The lowest BCUT2D eigenvalue weighted by Crippen LogP contribution is -2.25. The molecule has 3 rings (SSSR count). The van der Waals surface area contributed by atoms with Gasteiger partial charge in [-0.25, -0.2) is 13.6 Å². The molecule has 0 saturated carbocycles. The molecule has 0 radical (unpaired) electrons.